The van der Waals surface area contributed by atoms with Crippen LogP contribution in [0.25, 0.3) is 0 Å². The van der Waals surface area contributed by atoms with Crippen molar-refractivity contribution in [2.24, 2.45) is 7.05 Å². The summed E-state index contributed by atoms with van der Waals surface area (Å²) in [4.78, 5) is 14.8. The Balaban J connectivity index is 2.09. The Kier molecular flexibility index (Phi) is 6.11. The van der Waals surface area contributed by atoms with Crippen LogP contribution in [0.5, 0.6) is 5.75 Å². The quantitative estimate of drug-likeness (QED) is 0.770. The van der Waals surface area contributed by atoms with Crippen LogP contribution in [0, 0.1) is 13.8 Å². The Morgan fingerprint density at radius 2 is 1.86 bits per heavy atom. The predicted octanol–water partition coefficient (Wildman–Crippen LogP) is 2.58. The van der Waals surface area contributed by atoms with Crippen molar-refractivity contribution < 1.29 is 22.7 Å². The van der Waals surface area contributed by atoms with Gasteiger partial charge in [0.1, 0.15) is 10.6 Å². The maximum absolute atomic E-state index is 13.4. The van der Waals surface area contributed by atoms with Crippen molar-refractivity contribution in [2.45, 2.75) is 18.7 Å². The first-order valence-electron chi connectivity index (χ1n) is 9.06. The topological polar surface area (TPSA) is 89.9 Å². The van der Waals surface area contributed by atoms with Gasteiger partial charge in [0.25, 0.3) is 15.9 Å². The summed E-state index contributed by atoms with van der Waals surface area (Å²) in [6.45, 7) is 5.10. The maximum Gasteiger partial charge on any atom is 0.264 e. The average Bonchev–Trinajstić information content (AvgIpc) is 2.92. The highest BCUT2D eigenvalue weighted by atomic mass is 35.5. The zero-order valence-electron chi connectivity index (χ0n) is 16.8. The molecule has 158 valence electrons. The average molecular weight is 442 g/mol. The van der Waals surface area contributed by atoms with Crippen LogP contribution in [0.3, 0.4) is 0 Å². The molecular formula is C19H24ClN3O5S. The fourth-order valence-electron chi connectivity index (χ4n) is 3.38. The van der Waals surface area contributed by atoms with Crippen LogP contribution >= 0.6 is 11.6 Å². The van der Waals surface area contributed by atoms with Crippen LogP contribution in [0.4, 0.5) is 5.69 Å². The number of aromatic nitrogens is 1. The summed E-state index contributed by atoms with van der Waals surface area (Å²) >= 11 is 6.03. The van der Waals surface area contributed by atoms with Gasteiger partial charge in [-0.1, -0.05) is 11.6 Å². The molecule has 0 radical (unpaired) electrons. The van der Waals surface area contributed by atoms with Crippen molar-refractivity contribution in [2.75, 3.05) is 38.1 Å². The number of ether oxygens (including phenoxy) is 2. The molecule has 0 spiro atoms. The van der Waals surface area contributed by atoms with E-state index in [9.17, 15) is 13.2 Å². The van der Waals surface area contributed by atoms with E-state index in [0.717, 1.165) is 0 Å². The molecule has 0 atom stereocenters. The lowest BCUT2D eigenvalue weighted by Gasteiger charge is -2.27. The zero-order chi connectivity index (χ0) is 21.3. The highest BCUT2D eigenvalue weighted by Crippen LogP contribution is 2.33. The number of methoxy groups -OCH3 is 1. The number of carbonyl (C=O) groups excluding carboxylic acids is 1. The molecule has 10 heteroatoms. The third-order valence-corrected chi connectivity index (χ3v) is 6.87. The predicted molar refractivity (Wildman–Crippen MR) is 110 cm³/mol. The Bertz CT molecular complexity index is 1040. The Labute approximate surface area is 175 Å². The molecule has 1 aliphatic heterocycles. The van der Waals surface area contributed by atoms with Gasteiger partial charge < -0.3 is 18.9 Å². The molecular weight excluding hydrogens is 418 g/mol. The van der Waals surface area contributed by atoms with Crippen molar-refractivity contribution in [1.29, 1.82) is 0 Å². The molecule has 2 aromatic rings. The van der Waals surface area contributed by atoms with Crippen molar-refractivity contribution in [3.63, 3.8) is 0 Å². The van der Waals surface area contributed by atoms with E-state index in [1.807, 2.05) is 0 Å². The second-order valence-electron chi connectivity index (χ2n) is 6.79. The van der Waals surface area contributed by atoms with Crippen LogP contribution in [0.1, 0.15) is 21.7 Å². The maximum atomic E-state index is 13.4. The van der Waals surface area contributed by atoms with Crippen LogP contribution < -0.4 is 9.46 Å². The third-order valence-electron chi connectivity index (χ3n) is 5.11. The largest absolute Gasteiger partial charge is 0.495 e. The summed E-state index contributed by atoms with van der Waals surface area (Å²) in [5.41, 5.74) is 1.41. The Morgan fingerprint density at radius 1 is 1.21 bits per heavy atom. The van der Waals surface area contributed by atoms with Gasteiger partial charge in [0, 0.05) is 36.5 Å². The summed E-state index contributed by atoms with van der Waals surface area (Å²) in [5, 5.41) is 0.356. The number of carbonyl (C=O) groups is 1. The molecule has 0 unspecified atom stereocenters. The minimum absolute atomic E-state index is 0.0454. The van der Waals surface area contributed by atoms with Gasteiger partial charge in [-0.3, -0.25) is 9.52 Å². The SMILES string of the molecule is COc1ccc(Cl)cc1NS(=O)(=O)c1c(C(=O)N2CCOCC2)c(C)n(C)c1C. The summed E-state index contributed by atoms with van der Waals surface area (Å²) < 4.78 is 41.5. The number of hydrogen-bond donors (Lipinski definition) is 1. The molecule has 0 saturated carbocycles. The molecule has 1 N–H and O–H groups in total. The second-order valence-corrected chi connectivity index (χ2v) is 8.84. The first-order chi connectivity index (χ1) is 13.7. The summed E-state index contributed by atoms with van der Waals surface area (Å²) in [6.07, 6.45) is 0. The monoisotopic (exact) mass is 441 g/mol. The van der Waals surface area contributed by atoms with E-state index in [1.54, 1.807) is 42.5 Å². The van der Waals surface area contributed by atoms with Gasteiger partial charge in [0.15, 0.2) is 0 Å². The van der Waals surface area contributed by atoms with Crippen molar-refractivity contribution in [3.05, 3.63) is 40.2 Å². The number of sulfonamides is 1. The van der Waals surface area contributed by atoms with E-state index >= 15 is 0 Å². The number of rotatable bonds is 5. The highest BCUT2D eigenvalue weighted by molar-refractivity contribution is 7.92. The normalized spacial score (nSPS) is 14.7. The van der Waals surface area contributed by atoms with Crippen molar-refractivity contribution in [1.82, 2.24) is 9.47 Å². The first-order valence-corrected chi connectivity index (χ1v) is 10.9. The summed E-state index contributed by atoms with van der Waals surface area (Å²) in [7, 11) is -0.925. The number of benzene rings is 1. The fourth-order valence-corrected chi connectivity index (χ4v) is 5.13. The van der Waals surface area contributed by atoms with Gasteiger partial charge in [0.05, 0.1) is 31.6 Å². The first kappa shape index (κ1) is 21.5. The van der Waals surface area contributed by atoms with Gasteiger partial charge in [0.2, 0.25) is 0 Å². The van der Waals surface area contributed by atoms with Gasteiger partial charge in [-0.25, -0.2) is 8.42 Å². The fraction of sp³-hybridized carbons (Fsp3) is 0.421. The molecule has 0 bridgehead atoms. The summed E-state index contributed by atoms with van der Waals surface area (Å²) in [6, 6.07) is 4.64. The molecule has 1 amide bonds. The van der Waals surface area contributed by atoms with Crippen LogP contribution in [-0.2, 0) is 21.8 Å². The number of nitrogens with one attached hydrogen (secondary N) is 1. The Hall–Kier alpha value is -2.23. The number of hydrogen-bond acceptors (Lipinski definition) is 5. The standard InChI is InChI=1S/C19H24ClN3O5S/c1-12-17(19(24)23-7-9-28-10-8-23)18(13(2)22(12)3)29(25,26)21-15-11-14(20)5-6-16(15)27-4/h5-6,11,21H,7-10H2,1-4H3. The number of anilines is 1. The molecule has 2 heterocycles. The molecule has 29 heavy (non-hydrogen) atoms. The van der Waals surface area contributed by atoms with E-state index in [1.165, 1.54) is 13.2 Å². The summed E-state index contributed by atoms with van der Waals surface area (Å²) in [5.74, 6) is -0.00253. The van der Waals surface area contributed by atoms with Gasteiger partial charge >= 0.3 is 0 Å². The zero-order valence-corrected chi connectivity index (χ0v) is 18.4. The molecule has 8 nitrogen and oxygen atoms in total. The van der Waals surface area contributed by atoms with Crippen molar-refractivity contribution >= 4 is 33.2 Å². The van der Waals surface area contributed by atoms with Gasteiger partial charge in [-0.05, 0) is 32.0 Å². The van der Waals surface area contributed by atoms with Gasteiger partial charge in [-0.15, -0.1) is 0 Å². The highest BCUT2D eigenvalue weighted by Gasteiger charge is 2.33. The van der Waals surface area contributed by atoms with Crippen molar-refractivity contribution in [3.8, 4) is 5.75 Å². The van der Waals surface area contributed by atoms with Crippen LogP contribution in [0.2, 0.25) is 5.02 Å². The lowest BCUT2D eigenvalue weighted by Crippen LogP contribution is -2.41. The van der Waals surface area contributed by atoms with E-state index < -0.39 is 10.0 Å². The van der Waals surface area contributed by atoms with E-state index in [2.05, 4.69) is 4.72 Å². The molecule has 1 saturated heterocycles. The lowest BCUT2D eigenvalue weighted by atomic mass is 10.2. The van der Waals surface area contributed by atoms with Gasteiger partial charge in [-0.2, -0.15) is 0 Å². The Morgan fingerprint density at radius 3 is 2.48 bits per heavy atom. The van der Waals surface area contributed by atoms with E-state index in [0.29, 0.717) is 48.5 Å². The van der Waals surface area contributed by atoms with E-state index in [-0.39, 0.29) is 22.1 Å². The molecule has 1 fully saturated rings. The minimum Gasteiger partial charge on any atom is -0.495 e. The molecule has 1 aliphatic rings. The number of morpholine rings is 1. The number of halogens is 1. The molecule has 3 rings (SSSR count). The van der Waals surface area contributed by atoms with E-state index in [4.69, 9.17) is 21.1 Å². The van der Waals surface area contributed by atoms with Crippen LogP contribution in [0.15, 0.2) is 23.1 Å². The lowest BCUT2D eigenvalue weighted by molar-refractivity contribution is 0.0300. The van der Waals surface area contributed by atoms with Crippen LogP contribution in [-0.4, -0.2) is 57.2 Å². The molecule has 1 aromatic heterocycles. The third kappa shape index (κ3) is 4.08. The minimum atomic E-state index is -4.10. The number of nitrogens with zero attached hydrogens (tertiary/aromatic N) is 2. The smallest absolute Gasteiger partial charge is 0.264 e. The molecule has 0 aliphatic carbocycles. The molecule has 1 aromatic carbocycles. The number of amides is 1. The second kappa shape index (κ2) is 8.25.